The van der Waals surface area contributed by atoms with E-state index >= 15 is 0 Å². The molecule has 0 radical (unpaired) electrons. The van der Waals surface area contributed by atoms with Crippen molar-refractivity contribution in [2.45, 2.75) is 25.4 Å². The van der Waals surface area contributed by atoms with Crippen LogP contribution in [0.1, 0.15) is 24.0 Å². The van der Waals surface area contributed by atoms with E-state index in [1.807, 2.05) is 12.1 Å². The van der Waals surface area contributed by atoms with Gasteiger partial charge in [0.1, 0.15) is 5.75 Å². The van der Waals surface area contributed by atoms with Crippen molar-refractivity contribution in [2.75, 3.05) is 7.11 Å². The number of hydrogen-bond acceptors (Lipinski definition) is 2. The van der Waals surface area contributed by atoms with Crippen LogP contribution in [-0.4, -0.2) is 13.2 Å². The van der Waals surface area contributed by atoms with E-state index in [9.17, 15) is 0 Å². The van der Waals surface area contributed by atoms with Gasteiger partial charge >= 0.3 is 0 Å². The Morgan fingerprint density at radius 3 is 2.45 bits per heavy atom. The van der Waals surface area contributed by atoms with Crippen LogP contribution in [0.5, 0.6) is 5.75 Å². The van der Waals surface area contributed by atoms with Crippen LogP contribution in [0, 0.1) is 5.92 Å². The van der Waals surface area contributed by atoms with Gasteiger partial charge in [0.15, 0.2) is 0 Å². The first-order valence-corrected chi connectivity index (χ1v) is 7.21. The Kier molecular flexibility index (Phi) is 3.75. The fourth-order valence-corrected chi connectivity index (χ4v) is 3.04. The molecule has 2 aromatic carbocycles. The quantitative estimate of drug-likeness (QED) is 0.894. The van der Waals surface area contributed by atoms with E-state index in [1.165, 1.54) is 11.1 Å². The van der Waals surface area contributed by atoms with Gasteiger partial charge in [0.2, 0.25) is 0 Å². The van der Waals surface area contributed by atoms with Gasteiger partial charge < -0.3 is 10.1 Å². The third-order valence-electron chi connectivity index (χ3n) is 4.28. The first-order chi connectivity index (χ1) is 9.81. The van der Waals surface area contributed by atoms with Crippen molar-refractivity contribution in [3.63, 3.8) is 0 Å². The van der Waals surface area contributed by atoms with Gasteiger partial charge in [-0.3, -0.25) is 0 Å². The summed E-state index contributed by atoms with van der Waals surface area (Å²) in [5.41, 5.74) is 2.67. The van der Waals surface area contributed by atoms with Crippen molar-refractivity contribution in [2.24, 2.45) is 5.92 Å². The average molecular weight is 267 g/mol. The second-order valence-electron chi connectivity index (χ2n) is 5.51. The molecule has 0 amide bonds. The minimum atomic E-state index is 0.572. The number of nitrogens with one attached hydrogen (secondary N) is 1. The molecular weight excluding hydrogens is 246 g/mol. The normalized spacial score (nSPS) is 24.4. The molecule has 2 heteroatoms. The van der Waals surface area contributed by atoms with Crippen LogP contribution in [0.4, 0.5) is 0 Å². The third-order valence-corrected chi connectivity index (χ3v) is 4.28. The molecule has 0 spiro atoms. The second kappa shape index (κ2) is 5.68. The summed E-state index contributed by atoms with van der Waals surface area (Å²) in [4.78, 5) is 0. The Morgan fingerprint density at radius 2 is 1.70 bits per heavy atom. The molecule has 104 valence electrons. The average Bonchev–Trinajstić information content (AvgIpc) is 3.16. The fraction of sp³-hybridized carbons (Fsp3) is 0.333. The monoisotopic (exact) mass is 267 g/mol. The highest BCUT2D eigenvalue weighted by molar-refractivity contribution is 5.34. The van der Waals surface area contributed by atoms with Gasteiger partial charge in [0, 0.05) is 24.1 Å². The number of rotatable bonds is 5. The van der Waals surface area contributed by atoms with Gasteiger partial charge in [-0.2, -0.15) is 0 Å². The van der Waals surface area contributed by atoms with E-state index in [4.69, 9.17) is 4.74 Å². The molecule has 0 unspecified atom stereocenters. The van der Waals surface area contributed by atoms with Gasteiger partial charge in [0.25, 0.3) is 0 Å². The Bertz CT molecular complexity index is 567. The molecule has 1 saturated carbocycles. The lowest BCUT2D eigenvalue weighted by Gasteiger charge is -2.09. The predicted octanol–water partition coefficient (Wildman–Crippen LogP) is 3.59. The van der Waals surface area contributed by atoms with Crippen molar-refractivity contribution < 1.29 is 4.74 Å². The Balaban J connectivity index is 1.63. The number of para-hydroxylation sites is 1. The van der Waals surface area contributed by atoms with Gasteiger partial charge in [-0.15, -0.1) is 0 Å². The van der Waals surface area contributed by atoms with Crippen molar-refractivity contribution in [3.05, 3.63) is 65.7 Å². The van der Waals surface area contributed by atoms with Crippen LogP contribution in [0.15, 0.2) is 54.6 Å². The number of hydrogen-bond donors (Lipinski definition) is 1. The largest absolute Gasteiger partial charge is 0.496 e. The molecule has 0 aromatic heterocycles. The lowest BCUT2D eigenvalue weighted by molar-refractivity contribution is 0.407. The van der Waals surface area contributed by atoms with E-state index in [1.54, 1.807) is 7.11 Å². The maximum atomic E-state index is 5.40. The van der Waals surface area contributed by atoms with E-state index in [0.29, 0.717) is 17.9 Å². The zero-order valence-electron chi connectivity index (χ0n) is 12.0. The van der Waals surface area contributed by atoms with Crippen molar-refractivity contribution in [3.8, 4) is 5.75 Å². The molecule has 20 heavy (non-hydrogen) atoms. The molecule has 0 saturated heterocycles. The molecular formula is C18H21NO. The predicted molar refractivity (Wildman–Crippen MR) is 82.0 cm³/mol. The van der Waals surface area contributed by atoms with Gasteiger partial charge in [-0.25, -0.2) is 0 Å². The van der Waals surface area contributed by atoms with E-state index in [0.717, 1.165) is 12.3 Å². The summed E-state index contributed by atoms with van der Waals surface area (Å²) in [7, 11) is 1.73. The molecule has 0 heterocycles. The zero-order valence-corrected chi connectivity index (χ0v) is 12.0. The lowest BCUT2D eigenvalue weighted by atomic mass is 10.1. The van der Waals surface area contributed by atoms with Gasteiger partial charge in [-0.05, 0) is 17.5 Å². The highest BCUT2D eigenvalue weighted by atomic mass is 16.5. The van der Waals surface area contributed by atoms with Crippen molar-refractivity contribution >= 4 is 0 Å². The summed E-state index contributed by atoms with van der Waals surface area (Å²) in [5, 5.41) is 3.67. The van der Waals surface area contributed by atoms with E-state index in [-0.39, 0.29) is 0 Å². The van der Waals surface area contributed by atoms with Gasteiger partial charge in [-0.1, -0.05) is 55.5 Å². The molecule has 1 aliphatic rings. The summed E-state index contributed by atoms with van der Waals surface area (Å²) in [6.45, 7) is 3.18. The highest BCUT2D eigenvalue weighted by Crippen LogP contribution is 2.47. The molecule has 3 rings (SSSR count). The van der Waals surface area contributed by atoms with E-state index in [2.05, 4.69) is 54.7 Å². The molecule has 2 aromatic rings. The molecule has 2 nitrogen and oxygen atoms in total. The number of methoxy groups -OCH3 is 1. The van der Waals surface area contributed by atoms with E-state index < -0.39 is 0 Å². The number of benzene rings is 2. The Hall–Kier alpha value is -1.80. The summed E-state index contributed by atoms with van der Waals surface area (Å²) < 4.78 is 5.40. The maximum absolute atomic E-state index is 5.40. The van der Waals surface area contributed by atoms with Crippen LogP contribution in [0.2, 0.25) is 0 Å². The van der Waals surface area contributed by atoms with Crippen molar-refractivity contribution in [1.29, 1.82) is 0 Å². The Labute approximate surface area is 120 Å². The summed E-state index contributed by atoms with van der Waals surface area (Å²) in [6, 6.07) is 19.6. The molecule has 1 fully saturated rings. The minimum Gasteiger partial charge on any atom is -0.496 e. The van der Waals surface area contributed by atoms with Gasteiger partial charge in [0.05, 0.1) is 7.11 Å². The molecule has 0 aliphatic heterocycles. The van der Waals surface area contributed by atoms with Crippen LogP contribution in [0.25, 0.3) is 0 Å². The minimum absolute atomic E-state index is 0.572. The molecule has 3 atom stereocenters. The topological polar surface area (TPSA) is 21.3 Å². The molecule has 1 N–H and O–H groups in total. The van der Waals surface area contributed by atoms with Crippen LogP contribution in [-0.2, 0) is 6.54 Å². The molecule has 1 aliphatic carbocycles. The van der Waals surface area contributed by atoms with Crippen LogP contribution >= 0.6 is 0 Å². The third kappa shape index (κ3) is 2.56. The van der Waals surface area contributed by atoms with Crippen LogP contribution in [0.3, 0.4) is 0 Å². The SMILES string of the molecule is COc1ccccc1CN[C@H]1[C@@H](C)[C@@H]1c1ccccc1. The lowest BCUT2D eigenvalue weighted by Crippen LogP contribution is -2.18. The summed E-state index contributed by atoms with van der Waals surface area (Å²) in [6.07, 6.45) is 0. The first-order valence-electron chi connectivity index (χ1n) is 7.21. The second-order valence-corrected chi connectivity index (χ2v) is 5.51. The summed E-state index contributed by atoms with van der Waals surface area (Å²) >= 11 is 0. The van der Waals surface area contributed by atoms with Crippen molar-refractivity contribution in [1.82, 2.24) is 5.32 Å². The summed E-state index contributed by atoms with van der Waals surface area (Å²) in [5.74, 6) is 2.31. The zero-order chi connectivity index (χ0) is 13.9. The standard InChI is InChI=1S/C18H21NO/c1-13-17(14-8-4-3-5-9-14)18(13)19-12-15-10-6-7-11-16(15)20-2/h3-11,13,17-19H,12H2,1-2H3/t13-,17+,18-/m0/s1. The Morgan fingerprint density at radius 1 is 1.00 bits per heavy atom. The van der Waals surface area contributed by atoms with Crippen LogP contribution < -0.4 is 10.1 Å². The number of ether oxygens (including phenoxy) is 1. The smallest absolute Gasteiger partial charge is 0.123 e. The fourth-order valence-electron chi connectivity index (χ4n) is 3.04. The maximum Gasteiger partial charge on any atom is 0.123 e. The highest BCUT2D eigenvalue weighted by Gasteiger charge is 2.46. The molecule has 0 bridgehead atoms. The first kappa shape index (κ1) is 13.2.